The van der Waals surface area contributed by atoms with E-state index in [0.717, 1.165) is 18.4 Å². The summed E-state index contributed by atoms with van der Waals surface area (Å²) in [5, 5.41) is 8.86. The topological polar surface area (TPSA) is 66.8 Å². The lowest BCUT2D eigenvalue weighted by atomic mass is 9.90. The van der Waals surface area contributed by atoms with Crippen molar-refractivity contribution in [1.82, 2.24) is 4.90 Å². The average molecular weight is 305 g/mol. The van der Waals surface area contributed by atoms with Crippen molar-refractivity contribution in [3.05, 3.63) is 35.9 Å². The molecule has 5 nitrogen and oxygen atoms in total. The SMILES string of the molecule is COC(C)(C(=O)N1CCC(CC(=O)O)CC1)c1ccccc1. The summed E-state index contributed by atoms with van der Waals surface area (Å²) in [4.78, 5) is 25.4. The molecule has 1 aliphatic rings. The van der Waals surface area contributed by atoms with Crippen molar-refractivity contribution >= 4 is 11.9 Å². The Labute approximate surface area is 130 Å². The Morgan fingerprint density at radius 3 is 2.36 bits per heavy atom. The standard InChI is InChI=1S/C17H23NO4/c1-17(22-2,14-6-4-3-5-7-14)16(21)18-10-8-13(9-11-18)12-15(19)20/h3-7,13H,8-12H2,1-2H3,(H,19,20). The van der Waals surface area contributed by atoms with Gasteiger partial charge in [0.05, 0.1) is 0 Å². The monoisotopic (exact) mass is 305 g/mol. The third-order valence-corrected chi connectivity index (χ3v) is 4.51. The van der Waals surface area contributed by atoms with E-state index in [4.69, 9.17) is 9.84 Å². The van der Waals surface area contributed by atoms with Gasteiger partial charge in [-0.15, -0.1) is 0 Å². The molecule has 1 N–H and O–H groups in total. The van der Waals surface area contributed by atoms with Crippen molar-refractivity contribution in [3.8, 4) is 0 Å². The zero-order valence-corrected chi connectivity index (χ0v) is 13.1. The lowest BCUT2D eigenvalue weighted by Crippen LogP contribution is -2.49. The number of carbonyl (C=O) groups excluding carboxylic acids is 1. The van der Waals surface area contributed by atoms with E-state index in [1.165, 1.54) is 0 Å². The second-order valence-electron chi connectivity index (χ2n) is 5.94. The molecule has 1 unspecified atom stereocenters. The smallest absolute Gasteiger partial charge is 0.303 e. The number of carboxylic acid groups (broad SMARTS) is 1. The molecule has 1 fully saturated rings. The Morgan fingerprint density at radius 1 is 1.27 bits per heavy atom. The number of carbonyl (C=O) groups is 2. The van der Waals surface area contributed by atoms with Gasteiger partial charge in [0.2, 0.25) is 0 Å². The van der Waals surface area contributed by atoms with Crippen molar-refractivity contribution in [1.29, 1.82) is 0 Å². The molecule has 2 rings (SSSR count). The fourth-order valence-corrected chi connectivity index (χ4v) is 2.97. The summed E-state index contributed by atoms with van der Waals surface area (Å²) in [6.07, 6.45) is 1.64. The average Bonchev–Trinajstić information content (AvgIpc) is 2.54. The van der Waals surface area contributed by atoms with Gasteiger partial charge in [-0.3, -0.25) is 9.59 Å². The molecule has 0 aromatic heterocycles. The van der Waals surface area contributed by atoms with Gasteiger partial charge in [0.25, 0.3) is 5.91 Å². The van der Waals surface area contributed by atoms with Crippen molar-refractivity contribution in [2.24, 2.45) is 5.92 Å². The summed E-state index contributed by atoms with van der Waals surface area (Å²) in [5.74, 6) is -0.669. The fourth-order valence-electron chi connectivity index (χ4n) is 2.97. The summed E-state index contributed by atoms with van der Waals surface area (Å²) in [5.41, 5.74) is -0.170. The molecule has 0 aliphatic carbocycles. The molecule has 0 saturated carbocycles. The molecule has 0 bridgehead atoms. The van der Waals surface area contributed by atoms with E-state index in [0.29, 0.717) is 13.1 Å². The highest BCUT2D eigenvalue weighted by molar-refractivity contribution is 5.86. The number of carboxylic acids is 1. The Hall–Kier alpha value is -1.88. The summed E-state index contributed by atoms with van der Waals surface area (Å²) >= 11 is 0. The maximum Gasteiger partial charge on any atom is 0.303 e. The molecular formula is C17H23NO4. The first-order valence-corrected chi connectivity index (χ1v) is 7.59. The molecule has 1 saturated heterocycles. The molecule has 1 heterocycles. The van der Waals surface area contributed by atoms with Gasteiger partial charge in [0, 0.05) is 26.6 Å². The lowest BCUT2D eigenvalue weighted by Gasteiger charge is -2.37. The van der Waals surface area contributed by atoms with E-state index in [9.17, 15) is 9.59 Å². The van der Waals surface area contributed by atoms with Crippen molar-refractivity contribution < 1.29 is 19.4 Å². The van der Waals surface area contributed by atoms with E-state index >= 15 is 0 Å². The van der Waals surface area contributed by atoms with E-state index in [1.54, 1.807) is 18.9 Å². The van der Waals surface area contributed by atoms with E-state index in [-0.39, 0.29) is 18.2 Å². The third kappa shape index (κ3) is 3.47. The summed E-state index contributed by atoms with van der Waals surface area (Å²) in [6.45, 7) is 2.96. The van der Waals surface area contributed by atoms with Crippen LogP contribution in [0.5, 0.6) is 0 Å². The van der Waals surface area contributed by atoms with Crippen LogP contribution in [0.4, 0.5) is 0 Å². The van der Waals surface area contributed by atoms with Crippen LogP contribution in [0.2, 0.25) is 0 Å². The fraction of sp³-hybridized carbons (Fsp3) is 0.529. The Morgan fingerprint density at radius 2 is 1.86 bits per heavy atom. The number of hydrogen-bond acceptors (Lipinski definition) is 3. The van der Waals surface area contributed by atoms with Crippen LogP contribution in [0.1, 0.15) is 31.7 Å². The van der Waals surface area contributed by atoms with Crippen LogP contribution >= 0.6 is 0 Å². The van der Waals surface area contributed by atoms with E-state index < -0.39 is 11.6 Å². The molecular weight excluding hydrogens is 282 g/mol. The number of nitrogens with zero attached hydrogens (tertiary/aromatic N) is 1. The minimum Gasteiger partial charge on any atom is -0.481 e. The summed E-state index contributed by atoms with van der Waals surface area (Å²) in [7, 11) is 1.54. The number of benzene rings is 1. The van der Waals surface area contributed by atoms with Crippen molar-refractivity contribution in [3.63, 3.8) is 0 Å². The van der Waals surface area contributed by atoms with Gasteiger partial charge in [-0.25, -0.2) is 0 Å². The number of aliphatic carboxylic acids is 1. The molecule has 1 atom stereocenters. The van der Waals surface area contributed by atoms with Gasteiger partial charge in [0.15, 0.2) is 5.60 Å². The van der Waals surface area contributed by atoms with Crippen LogP contribution in [-0.4, -0.2) is 42.1 Å². The quantitative estimate of drug-likeness (QED) is 0.906. The van der Waals surface area contributed by atoms with Gasteiger partial charge in [-0.2, -0.15) is 0 Å². The minimum absolute atomic E-state index is 0.0602. The number of likely N-dealkylation sites (tertiary alicyclic amines) is 1. The molecule has 120 valence electrons. The lowest BCUT2D eigenvalue weighted by molar-refractivity contribution is -0.156. The largest absolute Gasteiger partial charge is 0.481 e. The van der Waals surface area contributed by atoms with Crippen molar-refractivity contribution in [2.75, 3.05) is 20.2 Å². The Bertz CT molecular complexity index is 523. The van der Waals surface area contributed by atoms with Gasteiger partial charge < -0.3 is 14.7 Å². The van der Waals surface area contributed by atoms with Crippen LogP contribution in [0.15, 0.2) is 30.3 Å². The molecule has 0 radical (unpaired) electrons. The van der Waals surface area contributed by atoms with Gasteiger partial charge in [0.1, 0.15) is 0 Å². The van der Waals surface area contributed by atoms with Crippen LogP contribution in [-0.2, 0) is 19.9 Å². The zero-order chi connectivity index (χ0) is 16.2. The van der Waals surface area contributed by atoms with Gasteiger partial charge in [-0.05, 0) is 31.2 Å². The molecule has 5 heteroatoms. The summed E-state index contributed by atoms with van der Waals surface area (Å²) in [6, 6.07) is 9.45. The van der Waals surface area contributed by atoms with Gasteiger partial charge in [-0.1, -0.05) is 30.3 Å². The first kappa shape index (κ1) is 16.5. The number of hydrogen-bond donors (Lipinski definition) is 1. The predicted molar refractivity (Wildman–Crippen MR) is 82.4 cm³/mol. The zero-order valence-electron chi connectivity index (χ0n) is 13.1. The van der Waals surface area contributed by atoms with Crippen LogP contribution in [0.3, 0.4) is 0 Å². The number of ether oxygens (including phenoxy) is 1. The second-order valence-corrected chi connectivity index (χ2v) is 5.94. The minimum atomic E-state index is -0.999. The first-order chi connectivity index (χ1) is 10.5. The normalized spacial score (nSPS) is 18.7. The van der Waals surface area contributed by atoms with Crippen molar-refractivity contribution in [2.45, 2.75) is 31.8 Å². The molecule has 1 amide bonds. The molecule has 1 aliphatic heterocycles. The highest BCUT2D eigenvalue weighted by atomic mass is 16.5. The maximum atomic E-state index is 12.9. The highest BCUT2D eigenvalue weighted by Gasteiger charge is 2.39. The van der Waals surface area contributed by atoms with Crippen LogP contribution in [0.25, 0.3) is 0 Å². The molecule has 1 aromatic carbocycles. The number of piperidine rings is 1. The Balaban J connectivity index is 2.06. The number of amides is 1. The maximum absolute atomic E-state index is 12.9. The first-order valence-electron chi connectivity index (χ1n) is 7.59. The van der Waals surface area contributed by atoms with Crippen LogP contribution < -0.4 is 0 Å². The third-order valence-electron chi connectivity index (χ3n) is 4.51. The van der Waals surface area contributed by atoms with E-state index in [1.807, 2.05) is 30.3 Å². The molecule has 22 heavy (non-hydrogen) atoms. The Kier molecular flexibility index (Phi) is 5.19. The predicted octanol–water partition coefficient (Wildman–Crippen LogP) is 2.26. The number of methoxy groups -OCH3 is 1. The van der Waals surface area contributed by atoms with E-state index in [2.05, 4.69) is 0 Å². The highest BCUT2D eigenvalue weighted by Crippen LogP contribution is 2.30. The number of rotatable bonds is 5. The van der Waals surface area contributed by atoms with Crippen LogP contribution in [0, 0.1) is 5.92 Å². The second kappa shape index (κ2) is 6.92. The van der Waals surface area contributed by atoms with Gasteiger partial charge >= 0.3 is 5.97 Å². The molecule has 1 aromatic rings. The summed E-state index contributed by atoms with van der Waals surface area (Å²) < 4.78 is 5.54. The molecule has 0 spiro atoms.